The number of benzene rings is 2. The molecule has 0 radical (unpaired) electrons. The standard InChI is InChI=1S/C35H44N2O4/c1-5-35(6-2,34(39)40)25-32(38)36-31-14-9-12-28(24-31)20-21-30-13-10-15-33(37-30)41-22-8-7-11-27-16-18-29(19-17-27)23-26(3)4/h9-10,12-21,24,26H,5-8,11,22-23,25H2,1-4H3,(H,36,38)(H,39,40)/b21-20+. The van der Waals surface area contributed by atoms with Crippen molar-refractivity contribution in [3.8, 4) is 5.88 Å². The van der Waals surface area contributed by atoms with Crippen LogP contribution < -0.4 is 10.1 Å². The Balaban J connectivity index is 1.48. The number of hydrogen-bond donors (Lipinski definition) is 2. The SMILES string of the molecule is CCC(CC)(CC(=O)Nc1cccc(/C=C/c2cccc(OCCCCc3ccc(CC(C)C)cc3)n2)c1)C(=O)O. The molecule has 0 atom stereocenters. The van der Waals surface area contributed by atoms with Crippen molar-refractivity contribution in [1.29, 1.82) is 0 Å². The van der Waals surface area contributed by atoms with E-state index in [1.807, 2.05) is 48.6 Å². The fourth-order valence-electron chi connectivity index (χ4n) is 4.82. The maximum Gasteiger partial charge on any atom is 0.310 e. The van der Waals surface area contributed by atoms with Gasteiger partial charge in [0.15, 0.2) is 0 Å². The maximum absolute atomic E-state index is 12.6. The second-order valence-electron chi connectivity index (χ2n) is 11.1. The third-order valence-electron chi connectivity index (χ3n) is 7.44. The number of carbonyl (C=O) groups excluding carboxylic acids is 1. The third-order valence-corrected chi connectivity index (χ3v) is 7.44. The fourth-order valence-corrected chi connectivity index (χ4v) is 4.82. The molecular formula is C35H44N2O4. The van der Waals surface area contributed by atoms with Crippen molar-refractivity contribution in [1.82, 2.24) is 4.98 Å². The van der Waals surface area contributed by atoms with E-state index < -0.39 is 11.4 Å². The quantitative estimate of drug-likeness (QED) is 0.174. The van der Waals surface area contributed by atoms with E-state index in [-0.39, 0.29) is 12.3 Å². The normalized spacial score (nSPS) is 11.6. The van der Waals surface area contributed by atoms with Gasteiger partial charge < -0.3 is 15.2 Å². The average molecular weight is 557 g/mol. The molecule has 2 aromatic carbocycles. The van der Waals surface area contributed by atoms with Crippen LogP contribution in [0.1, 0.15) is 82.2 Å². The molecular weight excluding hydrogens is 512 g/mol. The number of rotatable bonds is 16. The van der Waals surface area contributed by atoms with Gasteiger partial charge in [-0.25, -0.2) is 4.98 Å². The number of hydrogen-bond acceptors (Lipinski definition) is 4. The summed E-state index contributed by atoms with van der Waals surface area (Å²) in [5, 5.41) is 12.5. The van der Waals surface area contributed by atoms with Crippen molar-refractivity contribution in [2.75, 3.05) is 11.9 Å². The van der Waals surface area contributed by atoms with Crippen molar-refractivity contribution in [3.05, 3.63) is 89.1 Å². The third kappa shape index (κ3) is 10.2. The fraction of sp³-hybridized carbons (Fsp3) is 0.400. The zero-order valence-electron chi connectivity index (χ0n) is 24.9. The first-order chi connectivity index (χ1) is 19.7. The van der Waals surface area contributed by atoms with Crippen LogP contribution in [0.3, 0.4) is 0 Å². The first-order valence-electron chi connectivity index (χ1n) is 14.7. The molecule has 6 heteroatoms. The van der Waals surface area contributed by atoms with Crippen LogP contribution in [0, 0.1) is 11.3 Å². The predicted octanol–water partition coefficient (Wildman–Crippen LogP) is 8.07. The van der Waals surface area contributed by atoms with Crippen molar-refractivity contribution < 1.29 is 19.4 Å². The van der Waals surface area contributed by atoms with E-state index in [1.165, 1.54) is 11.1 Å². The summed E-state index contributed by atoms with van der Waals surface area (Å²) >= 11 is 0. The first kappa shape index (κ1) is 31.6. The lowest BCUT2D eigenvalue weighted by Crippen LogP contribution is -2.34. The first-order valence-corrected chi connectivity index (χ1v) is 14.7. The van der Waals surface area contributed by atoms with Crippen molar-refractivity contribution >= 4 is 29.7 Å². The molecule has 2 N–H and O–H groups in total. The molecule has 0 aliphatic carbocycles. The molecule has 0 aliphatic rings. The lowest BCUT2D eigenvalue weighted by atomic mass is 9.79. The molecule has 1 aromatic heterocycles. The molecule has 0 aliphatic heterocycles. The number of carbonyl (C=O) groups is 2. The lowest BCUT2D eigenvalue weighted by Gasteiger charge is -2.25. The highest BCUT2D eigenvalue weighted by molar-refractivity contribution is 5.94. The molecule has 6 nitrogen and oxygen atoms in total. The minimum Gasteiger partial charge on any atom is -0.481 e. The van der Waals surface area contributed by atoms with Gasteiger partial charge in [0.05, 0.1) is 17.7 Å². The number of nitrogens with one attached hydrogen (secondary N) is 1. The second kappa shape index (κ2) is 15.8. The highest BCUT2D eigenvalue weighted by Crippen LogP contribution is 2.31. The summed E-state index contributed by atoms with van der Waals surface area (Å²) in [5.41, 5.74) is 4.01. The van der Waals surface area contributed by atoms with E-state index >= 15 is 0 Å². The largest absolute Gasteiger partial charge is 0.481 e. The van der Waals surface area contributed by atoms with Crippen molar-refractivity contribution in [2.45, 2.75) is 72.6 Å². The van der Waals surface area contributed by atoms with Crippen molar-refractivity contribution in [2.24, 2.45) is 11.3 Å². The number of carboxylic acid groups (broad SMARTS) is 1. The minimum absolute atomic E-state index is 0.0579. The van der Waals surface area contributed by atoms with Gasteiger partial charge in [-0.1, -0.05) is 76.2 Å². The van der Waals surface area contributed by atoms with Crippen LogP contribution in [0.15, 0.2) is 66.7 Å². The summed E-state index contributed by atoms with van der Waals surface area (Å²) in [6, 6.07) is 22.1. The van der Waals surface area contributed by atoms with Crippen LogP contribution >= 0.6 is 0 Å². The number of carboxylic acids is 1. The van der Waals surface area contributed by atoms with E-state index in [0.29, 0.717) is 36.9 Å². The smallest absolute Gasteiger partial charge is 0.310 e. The average Bonchev–Trinajstić information content (AvgIpc) is 2.95. The number of aromatic nitrogens is 1. The summed E-state index contributed by atoms with van der Waals surface area (Å²) in [4.78, 5) is 28.9. The summed E-state index contributed by atoms with van der Waals surface area (Å²) in [6.45, 7) is 8.71. The highest BCUT2D eigenvalue weighted by Gasteiger charge is 2.37. The molecule has 1 amide bonds. The van der Waals surface area contributed by atoms with Gasteiger partial charge in [-0.3, -0.25) is 9.59 Å². The number of nitrogens with zero attached hydrogens (tertiary/aromatic N) is 1. The zero-order valence-corrected chi connectivity index (χ0v) is 24.9. The van der Waals surface area contributed by atoms with Crippen LogP contribution in [0.5, 0.6) is 5.88 Å². The molecule has 1 heterocycles. The molecule has 0 spiro atoms. The Morgan fingerprint density at radius 1 is 0.951 bits per heavy atom. The van der Waals surface area contributed by atoms with E-state index in [4.69, 9.17) is 4.74 Å². The minimum atomic E-state index is -1.04. The second-order valence-corrected chi connectivity index (χ2v) is 11.1. The van der Waals surface area contributed by atoms with Gasteiger partial charge in [-0.15, -0.1) is 0 Å². The summed E-state index contributed by atoms with van der Waals surface area (Å²) in [6.07, 6.45) is 8.75. The van der Waals surface area contributed by atoms with Gasteiger partial charge in [-0.05, 0) is 85.4 Å². The molecule has 0 saturated heterocycles. The Bertz CT molecular complexity index is 1290. The molecule has 0 bridgehead atoms. The number of aryl methyl sites for hydroxylation is 1. The van der Waals surface area contributed by atoms with Gasteiger partial charge in [0.2, 0.25) is 11.8 Å². The van der Waals surface area contributed by atoms with Crippen molar-refractivity contribution in [3.63, 3.8) is 0 Å². The topological polar surface area (TPSA) is 88.5 Å². The summed E-state index contributed by atoms with van der Waals surface area (Å²) in [7, 11) is 0. The number of amides is 1. The highest BCUT2D eigenvalue weighted by atomic mass is 16.5. The van der Waals surface area contributed by atoms with Gasteiger partial charge in [0.25, 0.3) is 0 Å². The van der Waals surface area contributed by atoms with Crippen LogP contribution in [0.25, 0.3) is 12.2 Å². The monoisotopic (exact) mass is 556 g/mol. The number of unbranched alkanes of at least 4 members (excludes halogenated alkanes) is 1. The molecule has 0 fully saturated rings. The number of pyridine rings is 1. The zero-order chi connectivity index (χ0) is 29.7. The molecule has 0 saturated carbocycles. The maximum atomic E-state index is 12.6. The Morgan fingerprint density at radius 2 is 1.66 bits per heavy atom. The Hall–Kier alpha value is -3.93. The molecule has 3 aromatic rings. The van der Waals surface area contributed by atoms with E-state index in [9.17, 15) is 14.7 Å². The number of ether oxygens (including phenoxy) is 1. The Morgan fingerprint density at radius 3 is 2.34 bits per heavy atom. The van der Waals surface area contributed by atoms with Gasteiger partial charge in [-0.2, -0.15) is 0 Å². The Labute approximate surface area is 244 Å². The number of aliphatic carboxylic acids is 1. The van der Waals surface area contributed by atoms with Crippen LogP contribution in [0.4, 0.5) is 5.69 Å². The van der Waals surface area contributed by atoms with E-state index in [1.54, 1.807) is 19.9 Å². The van der Waals surface area contributed by atoms with Gasteiger partial charge in [0.1, 0.15) is 0 Å². The van der Waals surface area contributed by atoms with Crippen LogP contribution in [-0.4, -0.2) is 28.6 Å². The van der Waals surface area contributed by atoms with E-state index in [2.05, 4.69) is 48.4 Å². The predicted molar refractivity (Wildman–Crippen MR) is 167 cm³/mol. The lowest BCUT2D eigenvalue weighted by molar-refractivity contribution is -0.151. The summed E-state index contributed by atoms with van der Waals surface area (Å²) in [5.74, 6) is 0.0331. The van der Waals surface area contributed by atoms with Crippen LogP contribution in [0.2, 0.25) is 0 Å². The summed E-state index contributed by atoms with van der Waals surface area (Å²) < 4.78 is 5.90. The molecule has 3 rings (SSSR count). The van der Waals surface area contributed by atoms with Crippen LogP contribution in [-0.2, 0) is 22.4 Å². The van der Waals surface area contributed by atoms with E-state index in [0.717, 1.165) is 36.9 Å². The van der Waals surface area contributed by atoms with Gasteiger partial charge in [0, 0.05) is 18.2 Å². The molecule has 41 heavy (non-hydrogen) atoms. The molecule has 218 valence electrons. The Kier molecular flexibility index (Phi) is 12.1. The van der Waals surface area contributed by atoms with Gasteiger partial charge >= 0.3 is 5.97 Å². The molecule has 0 unspecified atom stereocenters. The number of anilines is 1.